The van der Waals surface area contributed by atoms with Gasteiger partial charge in [-0.2, -0.15) is 0 Å². The summed E-state index contributed by atoms with van der Waals surface area (Å²) in [6, 6.07) is -0.719. The van der Waals surface area contributed by atoms with Crippen LogP contribution < -0.4 is 5.32 Å². The predicted octanol–water partition coefficient (Wildman–Crippen LogP) is 15.2. The van der Waals surface area contributed by atoms with E-state index >= 15 is 0 Å². The van der Waals surface area contributed by atoms with Gasteiger partial charge in [0, 0.05) is 6.42 Å². The predicted molar refractivity (Wildman–Crippen MR) is 291 cm³/mol. The van der Waals surface area contributed by atoms with Crippen molar-refractivity contribution < 1.29 is 39.8 Å². The highest BCUT2D eigenvalue weighted by Crippen LogP contribution is 2.23. The van der Waals surface area contributed by atoms with Crippen LogP contribution in [0.1, 0.15) is 309 Å². The molecule has 0 aliphatic carbocycles. The van der Waals surface area contributed by atoms with Crippen molar-refractivity contribution in [1.82, 2.24) is 5.32 Å². The first kappa shape index (κ1) is 65.9. The molecule has 0 radical (unpaired) electrons. The first-order chi connectivity index (χ1) is 33.8. The first-order valence-corrected chi connectivity index (χ1v) is 30.4. The fourth-order valence-corrected chi connectivity index (χ4v) is 10.0. The maximum atomic E-state index is 13.1. The lowest BCUT2D eigenvalue weighted by Gasteiger charge is -2.40. The summed E-state index contributed by atoms with van der Waals surface area (Å²) in [5, 5.41) is 54.7. The number of amides is 1. The van der Waals surface area contributed by atoms with E-state index in [-0.39, 0.29) is 12.5 Å². The molecule has 0 aromatic heterocycles. The molecule has 69 heavy (non-hydrogen) atoms. The van der Waals surface area contributed by atoms with Gasteiger partial charge in [0.1, 0.15) is 24.4 Å². The number of aliphatic hydroxyl groups excluding tert-OH is 5. The van der Waals surface area contributed by atoms with Crippen LogP contribution in [0, 0.1) is 0 Å². The molecular formula is C60H117NO8. The smallest absolute Gasteiger partial charge is 0.220 e. The van der Waals surface area contributed by atoms with Crippen LogP contribution in [-0.4, -0.2) is 87.5 Å². The first-order valence-electron chi connectivity index (χ1n) is 30.4. The van der Waals surface area contributed by atoms with Crippen molar-refractivity contribution in [3.05, 3.63) is 12.2 Å². The van der Waals surface area contributed by atoms with E-state index < -0.39 is 49.5 Å². The number of rotatable bonds is 53. The minimum absolute atomic E-state index is 0.135. The van der Waals surface area contributed by atoms with Crippen molar-refractivity contribution in [3.8, 4) is 0 Å². The second-order valence-electron chi connectivity index (χ2n) is 21.5. The maximum Gasteiger partial charge on any atom is 0.220 e. The molecule has 1 fully saturated rings. The van der Waals surface area contributed by atoms with Crippen molar-refractivity contribution in [2.24, 2.45) is 0 Å². The Bertz CT molecular complexity index is 1090. The molecule has 9 nitrogen and oxygen atoms in total. The van der Waals surface area contributed by atoms with Gasteiger partial charge in [-0.1, -0.05) is 276 Å². The molecule has 1 aliphatic rings. The zero-order valence-corrected chi connectivity index (χ0v) is 45.6. The number of carbonyl (C=O) groups is 1. The topological polar surface area (TPSA) is 149 Å². The van der Waals surface area contributed by atoms with Crippen LogP contribution in [0.4, 0.5) is 0 Å². The van der Waals surface area contributed by atoms with E-state index in [2.05, 4.69) is 31.3 Å². The molecule has 7 atom stereocenters. The van der Waals surface area contributed by atoms with Crippen LogP contribution in [0.3, 0.4) is 0 Å². The SMILES string of the molecule is CCCCCCCCC/C=C\CCCCCCCCCC(=O)NC(COC1OC(CO)C(O)C(O)C1O)C(O)CCCCCCCCCCCCCCCCCCCCCCCCCCCCCC. The molecule has 1 saturated heterocycles. The zero-order chi connectivity index (χ0) is 50.1. The van der Waals surface area contributed by atoms with Crippen LogP contribution in [0.5, 0.6) is 0 Å². The summed E-state index contributed by atoms with van der Waals surface area (Å²) in [5.41, 5.74) is 0. The van der Waals surface area contributed by atoms with Gasteiger partial charge >= 0.3 is 0 Å². The molecule has 7 unspecified atom stereocenters. The summed E-state index contributed by atoms with van der Waals surface area (Å²) in [6.45, 7) is 3.87. The second kappa shape index (κ2) is 50.5. The fraction of sp³-hybridized carbons (Fsp3) is 0.950. The van der Waals surface area contributed by atoms with Crippen molar-refractivity contribution in [2.45, 2.75) is 352 Å². The lowest BCUT2D eigenvalue weighted by molar-refractivity contribution is -0.302. The number of carbonyl (C=O) groups excluding carboxylic acids is 1. The van der Waals surface area contributed by atoms with E-state index in [4.69, 9.17) is 9.47 Å². The van der Waals surface area contributed by atoms with Gasteiger partial charge < -0.3 is 40.3 Å². The quantitative estimate of drug-likeness (QED) is 0.0261. The van der Waals surface area contributed by atoms with E-state index in [0.717, 1.165) is 38.5 Å². The third kappa shape index (κ3) is 40.1. The maximum absolute atomic E-state index is 13.1. The Hall–Kier alpha value is -1.07. The highest BCUT2D eigenvalue weighted by molar-refractivity contribution is 5.76. The number of aliphatic hydroxyl groups is 5. The zero-order valence-electron chi connectivity index (χ0n) is 45.6. The number of hydrogen-bond donors (Lipinski definition) is 6. The average molecular weight is 981 g/mol. The molecule has 6 N–H and O–H groups in total. The van der Waals surface area contributed by atoms with E-state index in [9.17, 15) is 30.3 Å². The summed E-state index contributed by atoms with van der Waals surface area (Å²) in [4.78, 5) is 13.1. The van der Waals surface area contributed by atoms with Gasteiger partial charge in [0.2, 0.25) is 5.91 Å². The third-order valence-electron chi connectivity index (χ3n) is 14.9. The molecule has 1 aliphatic heterocycles. The molecule has 0 saturated carbocycles. The van der Waals surface area contributed by atoms with Crippen molar-refractivity contribution in [1.29, 1.82) is 0 Å². The van der Waals surface area contributed by atoms with Crippen LogP contribution >= 0.6 is 0 Å². The molecule has 1 rings (SSSR count). The Kier molecular flexibility index (Phi) is 48.2. The summed E-state index contributed by atoms with van der Waals surface area (Å²) in [7, 11) is 0. The van der Waals surface area contributed by atoms with Crippen LogP contribution in [0.2, 0.25) is 0 Å². The van der Waals surface area contributed by atoms with Gasteiger partial charge in [-0.3, -0.25) is 4.79 Å². The number of unbranched alkanes of at least 4 members (excludes halogenated alkanes) is 41. The lowest BCUT2D eigenvalue weighted by atomic mass is 9.99. The summed E-state index contributed by atoms with van der Waals surface area (Å²) in [6.07, 6.45) is 55.4. The largest absolute Gasteiger partial charge is 0.394 e. The molecular weight excluding hydrogens is 863 g/mol. The minimum Gasteiger partial charge on any atom is -0.394 e. The second-order valence-corrected chi connectivity index (χ2v) is 21.5. The third-order valence-corrected chi connectivity index (χ3v) is 14.9. The molecule has 410 valence electrons. The summed E-state index contributed by atoms with van der Waals surface area (Å²) < 4.78 is 11.3. The van der Waals surface area contributed by atoms with Gasteiger partial charge in [-0.25, -0.2) is 0 Å². The van der Waals surface area contributed by atoms with E-state index in [1.165, 1.54) is 244 Å². The lowest BCUT2D eigenvalue weighted by Crippen LogP contribution is -2.60. The van der Waals surface area contributed by atoms with Crippen molar-refractivity contribution >= 4 is 5.91 Å². The molecule has 0 aromatic carbocycles. The summed E-state index contributed by atoms with van der Waals surface area (Å²) in [5.74, 6) is -0.143. The van der Waals surface area contributed by atoms with Crippen molar-refractivity contribution in [2.75, 3.05) is 13.2 Å². The number of ether oxygens (including phenoxy) is 2. The van der Waals surface area contributed by atoms with E-state index in [1.807, 2.05) is 0 Å². The molecule has 0 spiro atoms. The number of allylic oxidation sites excluding steroid dienone is 2. The fourth-order valence-electron chi connectivity index (χ4n) is 10.0. The van der Waals surface area contributed by atoms with Gasteiger partial charge in [0.15, 0.2) is 6.29 Å². The van der Waals surface area contributed by atoms with E-state index in [0.29, 0.717) is 12.8 Å². The van der Waals surface area contributed by atoms with Crippen LogP contribution in [-0.2, 0) is 14.3 Å². The summed E-state index contributed by atoms with van der Waals surface area (Å²) >= 11 is 0. The van der Waals surface area contributed by atoms with Gasteiger partial charge in [0.25, 0.3) is 0 Å². The Labute approximate surface area is 426 Å². The van der Waals surface area contributed by atoms with Crippen LogP contribution in [0.15, 0.2) is 12.2 Å². The Morgan fingerprint density at radius 3 is 1.17 bits per heavy atom. The monoisotopic (exact) mass is 980 g/mol. The Balaban J connectivity index is 2.15. The van der Waals surface area contributed by atoms with Crippen LogP contribution in [0.25, 0.3) is 0 Å². The highest BCUT2D eigenvalue weighted by Gasteiger charge is 2.44. The van der Waals surface area contributed by atoms with E-state index in [1.54, 1.807) is 0 Å². The molecule has 0 bridgehead atoms. The van der Waals surface area contributed by atoms with Gasteiger partial charge in [0.05, 0.1) is 25.4 Å². The standard InChI is InChI=1S/C60H117NO8/c1-3-5-7-9-11-13-15-17-19-21-23-24-25-26-27-28-29-30-31-32-33-35-37-39-41-43-45-47-49-54(63)53(52-68-60-59(67)58(66)57(65)55(51-62)69-60)61-56(64)50-48-46-44-42-40-38-36-34-22-20-18-16-14-12-10-8-6-4-2/h20,22,53-55,57-60,62-63,65-67H,3-19,21,23-52H2,1-2H3,(H,61,64)/b22-20-. The molecule has 1 heterocycles. The Morgan fingerprint density at radius 1 is 0.478 bits per heavy atom. The van der Waals surface area contributed by atoms with Gasteiger partial charge in [-0.05, 0) is 38.5 Å². The minimum atomic E-state index is -1.55. The van der Waals surface area contributed by atoms with Gasteiger partial charge in [-0.15, -0.1) is 0 Å². The van der Waals surface area contributed by atoms with Crippen molar-refractivity contribution in [3.63, 3.8) is 0 Å². The number of hydrogen-bond acceptors (Lipinski definition) is 8. The average Bonchev–Trinajstić information content (AvgIpc) is 3.35. The highest BCUT2D eigenvalue weighted by atomic mass is 16.7. The molecule has 1 amide bonds. The molecule has 9 heteroatoms. The molecule has 0 aromatic rings. The number of nitrogens with one attached hydrogen (secondary N) is 1. The normalized spacial score (nSPS) is 19.4. The Morgan fingerprint density at radius 2 is 0.812 bits per heavy atom.